The molecule has 9 nitrogen and oxygen atoms in total. The van der Waals surface area contributed by atoms with Gasteiger partial charge in [0.05, 0.1) is 12.6 Å². The summed E-state index contributed by atoms with van der Waals surface area (Å²) in [6.45, 7) is 3.33. The molecule has 1 fully saturated rings. The molecule has 12 heteroatoms. The van der Waals surface area contributed by atoms with Crippen LogP contribution in [-0.2, 0) is 10.0 Å². The summed E-state index contributed by atoms with van der Waals surface area (Å²) in [6.07, 6.45) is 3.11. The zero-order valence-electron chi connectivity index (χ0n) is 20.1. The summed E-state index contributed by atoms with van der Waals surface area (Å²) in [5.74, 6) is -1.21. The number of hydrogen-bond acceptors (Lipinski definition) is 8. The van der Waals surface area contributed by atoms with Gasteiger partial charge in [-0.05, 0) is 35.9 Å². The third-order valence-corrected chi connectivity index (χ3v) is 8.07. The van der Waals surface area contributed by atoms with Crippen LogP contribution in [0.3, 0.4) is 0 Å². The van der Waals surface area contributed by atoms with Crippen LogP contribution in [0.4, 0.5) is 20.3 Å². The van der Waals surface area contributed by atoms with Crippen LogP contribution in [0.2, 0.25) is 0 Å². The molecule has 3 heterocycles. The number of methoxy groups -OCH3 is 1. The van der Waals surface area contributed by atoms with Gasteiger partial charge in [0.25, 0.3) is 10.0 Å². The number of halogens is 2. The molecule has 0 bridgehead atoms. The van der Waals surface area contributed by atoms with Crippen LogP contribution in [-0.4, -0.2) is 63.7 Å². The van der Waals surface area contributed by atoms with E-state index in [-0.39, 0.29) is 11.6 Å². The van der Waals surface area contributed by atoms with E-state index in [1.54, 1.807) is 18.6 Å². The van der Waals surface area contributed by atoms with Crippen LogP contribution in [0.1, 0.15) is 0 Å². The maximum atomic E-state index is 14.4. The van der Waals surface area contributed by atoms with E-state index in [2.05, 4.69) is 25.2 Å². The van der Waals surface area contributed by atoms with Crippen molar-refractivity contribution in [1.82, 2.24) is 20.3 Å². The fraction of sp³-hybridized carbons (Fsp3) is 0.240. The van der Waals surface area contributed by atoms with Crippen molar-refractivity contribution in [2.24, 2.45) is 0 Å². The fourth-order valence-corrected chi connectivity index (χ4v) is 5.52. The Morgan fingerprint density at radius 3 is 2.51 bits per heavy atom. The number of sulfonamides is 1. The first-order valence-corrected chi connectivity index (χ1v) is 12.9. The highest BCUT2D eigenvalue weighted by atomic mass is 32.2. The minimum atomic E-state index is -4.39. The Labute approximate surface area is 212 Å². The number of piperazine rings is 1. The number of nitrogens with zero attached hydrogens (tertiary/aromatic N) is 5. The van der Waals surface area contributed by atoms with Gasteiger partial charge in [-0.25, -0.2) is 32.2 Å². The van der Waals surface area contributed by atoms with Crippen molar-refractivity contribution in [3.63, 3.8) is 0 Å². The summed E-state index contributed by atoms with van der Waals surface area (Å²) in [6, 6.07) is 9.58. The third kappa shape index (κ3) is 4.65. The molecule has 37 heavy (non-hydrogen) atoms. The van der Waals surface area contributed by atoms with Gasteiger partial charge < -0.3 is 15.0 Å². The van der Waals surface area contributed by atoms with Crippen molar-refractivity contribution in [2.75, 3.05) is 49.5 Å². The molecule has 5 rings (SSSR count). The molecule has 192 valence electrons. The lowest BCUT2D eigenvalue weighted by molar-refractivity contribution is 0.399. The monoisotopic (exact) mass is 526 g/mol. The summed E-state index contributed by atoms with van der Waals surface area (Å²) in [7, 11) is -1.77. The summed E-state index contributed by atoms with van der Waals surface area (Å²) in [5, 5.41) is 4.18. The van der Waals surface area contributed by atoms with E-state index in [9.17, 15) is 17.2 Å². The average molecular weight is 527 g/mol. The van der Waals surface area contributed by atoms with E-state index in [1.807, 2.05) is 18.2 Å². The Kier molecular flexibility index (Phi) is 6.61. The second-order valence-electron chi connectivity index (χ2n) is 8.47. The second kappa shape index (κ2) is 9.87. The highest BCUT2D eigenvalue weighted by molar-refractivity contribution is 7.92. The molecule has 2 aromatic heterocycles. The number of aromatic nitrogens is 3. The zero-order chi connectivity index (χ0) is 26.2. The summed E-state index contributed by atoms with van der Waals surface area (Å²) < 4.78 is 60.4. The molecule has 0 unspecified atom stereocenters. The topological polar surface area (TPSA) is 101 Å². The number of nitrogens with one attached hydrogen (secondary N) is 1. The van der Waals surface area contributed by atoms with Crippen LogP contribution in [0.15, 0.2) is 59.9 Å². The minimum absolute atomic E-state index is 0.0305. The number of anilines is 2. The molecule has 0 amide bonds. The van der Waals surface area contributed by atoms with Gasteiger partial charge in [-0.1, -0.05) is 6.07 Å². The molecule has 0 saturated carbocycles. The number of benzene rings is 2. The summed E-state index contributed by atoms with van der Waals surface area (Å²) in [4.78, 5) is 14.7. The Balaban J connectivity index is 1.58. The third-order valence-electron chi connectivity index (χ3n) is 6.26. The minimum Gasteiger partial charge on any atom is -0.479 e. The Morgan fingerprint density at radius 1 is 1.00 bits per heavy atom. The number of fused-ring (bicyclic) bond motifs is 1. The molecule has 0 aliphatic carbocycles. The van der Waals surface area contributed by atoms with Crippen molar-refractivity contribution in [3.05, 3.63) is 66.6 Å². The number of ether oxygens (including phenoxy) is 1. The van der Waals surface area contributed by atoms with Crippen molar-refractivity contribution in [2.45, 2.75) is 4.90 Å². The molecule has 1 aliphatic rings. The molecule has 0 atom stereocenters. The van der Waals surface area contributed by atoms with Crippen LogP contribution >= 0.6 is 0 Å². The quantitative estimate of drug-likeness (QED) is 0.409. The van der Waals surface area contributed by atoms with Crippen molar-refractivity contribution in [3.8, 4) is 17.0 Å². The lowest BCUT2D eigenvalue weighted by Gasteiger charge is -2.29. The first-order chi connectivity index (χ1) is 17.8. The van der Waals surface area contributed by atoms with Crippen LogP contribution in [0, 0.1) is 11.6 Å². The number of hydrogen-bond donors (Lipinski definition) is 1. The van der Waals surface area contributed by atoms with Gasteiger partial charge in [-0.15, -0.1) is 0 Å². The molecule has 4 aromatic rings. The Hall–Kier alpha value is -3.90. The van der Waals surface area contributed by atoms with E-state index in [0.717, 1.165) is 64.9 Å². The Bertz CT molecular complexity index is 1580. The molecular formula is C25H24F2N6O3S. The van der Waals surface area contributed by atoms with E-state index < -0.39 is 26.6 Å². The van der Waals surface area contributed by atoms with Crippen LogP contribution in [0.25, 0.3) is 22.0 Å². The molecule has 0 spiro atoms. The standard InChI is InChI=1S/C25H24F2N6O3S/c1-32(37(34,35)23-6-4-18(26)13-20(23)27)22-12-17(14-29-25(22)36-2)16-3-5-21-19(11-16)24(31-15-30-21)33-9-7-28-8-10-33/h3-6,11-15,28H,7-10H2,1-2H3. The smallest absolute Gasteiger partial charge is 0.267 e. The van der Waals surface area contributed by atoms with Gasteiger partial charge >= 0.3 is 0 Å². The number of rotatable bonds is 6. The van der Waals surface area contributed by atoms with Gasteiger partial charge in [0.1, 0.15) is 34.4 Å². The largest absolute Gasteiger partial charge is 0.479 e. The molecular weight excluding hydrogens is 502 g/mol. The highest BCUT2D eigenvalue weighted by Gasteiger charge is 2.28. The maximum absolute atomic E-state index is 14.4. The summed E-state index contributed by atoms with van der Waals surface area (Å²) >= 11 is 0. The molecule has 1 saturated heterocycles. The first-order valence-electron chi connectivity index (χ1n) is 11.5. The summed E-state index contributed by atoms with van der Waals surface area (Å²) in [5.41, 5.74) is 2.24. The van der Waals surface area contributed by atoms with E-state index in [0.29, 0.717) is 11.6 Å². The van der Waals surface area contributed by atoms with Crippen LogP contribution in [0.5, 0.6) is 5.88 Å². The predicted molar refractivity (Wildman–Crippen MR) is 136 cm³/mol. The lowest BCUT2D eigenvalue weighted by Crippen LogP contribution is -2.44. The Morgan fingerprint density at radius 2 is 1.78 bits per heavy atom. The SMILES string of the molecule is COc1ncc(-c2ccc3ncnc(N4CCNCC4)c3c2)cc1N(C)S(=O)(=O)c1ccc(F)cc1F. The van der Waals surface area contributed by atoms with Crippen molar-refractivity contribution < 1.29 is 21.9 Å². The zero-order valence-corrected chi connectivity index (χ0v) is 21.0. The predicted octanol–water partition coefficient (Wildman–Crippen LogP) is 3.21. The molecule has 1 N–H and O–H groups in total. The lowest BCUT2D eigenvalue weighted by atomic mass is 10.0. The van der Waals surface area contributed by atoms with Crippen molar-refractivity contribution >= 4 is 32.4 Å². The average Bonchev–Trinajstić information content (AvgIpc) is 2.92. The van der Waals surface area contributed by atoms with Gasteiger partial charge in [-0.2, -0.15) is 0 Å². The molecule has 1 aliphatic heterocycles. The molecule has 2 aromatic carbocycles. The fourth-order valence-electron chi connectivity index (χ4n) is 4.29. The van der Waals surface area contributed by atoms with Gasteiger partial charge in [-0.3, -0.25) is 4.31 Å². The normalized spacial score (nSPS) is 14.1. The van der Waals surface area contributed by atoms with Gasteiger partial charge in [0.2, 0.25) is 5.88 Å². The van der Waals surface area contributed by atoms with Crippen LogP contribution < -0.4 is 19.3 Å². The highest BCUT2D eigenvalue weighted by Crippen LogP contribution is 2.35. The van der Waals surface area contributed by atoms with E-state index in [4.69, 9.17) is 4.74 Å². The number of pyridine rings is 1. The van der Waals surface area contributed by atoms with Crippen molar-refractivity contribution in [1.29, 1.82) is 0 Å². The van der Waals surface area contributed by atoms with Gasteiger partial charge in [0.15, 0.2) is 0 Å². The van der Waals surface area contributed by atoms with E-state index >= 15 is 0 Å². The maximum Gasteiger partial charge on any atom is 0.267 e. The first kappa shape index (κ1) is 24.8. The van der Waals surface area contributed by atoms with E-state index in [1.165, 1.54) is 14.2 Å². The second-order valence-corrected chi connectivity index (χ2v) is 10.4. The molecule has 0 radical (unpaired) electrons. The van der Waals surface area contributed by atoms with Gasteiger partial charge in [0, 0.05) is 56.4 Å².